The molecular formula is C17H24N2O3. The minimum atomic E-state index is -0.375. The second-order valence-corrected chi connectivity index (χ2v) is 5.77. The molecule has 1 aromatic rings. The summed E-state index contributed by atoms with van der Waals surface area (Å²) in [5.41, 5.74) is 1.29. The third-order valence-corrected chi connectivity index (χ3v) is 4.06. The molecule has 1 atom stereocenters. The maximum Gasteiger partial charge on any atom is 0.308 e. The number of carbonyl (C=O) groups is 2. The van der Waals surface area contributed by atoms with Crippen molar-refractivity contribution in [3.05, 3.63) is 35.9 Å². The summed E-state index contributed by atoms with van der Waals surface area (Å²) in [4.78, 5) is 27.8. The Labute approximate surface area is 131 Å². The number of rotatable bonds is 5. The number of hydrogen-bond donors (Lipinski definition) is 0. The van der Waals surface area contributed by atoms with Crippen LogP contribution >= 0.6 is 0 Å². The first-order valence-electron chi connectivity index (χ1n) is 7.72. The molecule has 2 rings (SSSR count). The number of ether oxygens (including phenoxy) is 1. The van der Waals surface area contributed by atoms with E-state index in [0.29, 0.717) is 0 Å². The summed E-state index contributed by atoms with van der Waals surface area (Å²) in [5, 5.41) is 0. The van der Waals surface area contributed by atoms with Crippen molar-refractivity contribution in [2.45, 2.75) is 19.9 Å². The fourth-order valence-corrected chi connectivity index (χ4v) is 2.67. The van der Waals surface area contributed by atoms with Gasteiger partial charge in [0.05, 0.1) is 13.0 Å². The van der Waals surface area contributed by atoms with Gasteiger partial charge in [0.15, 0.2) is 0 Å². The lowest BCUT2D eigenvalue weighted by molar-refractivity contribution is -0.148. The van der Waals surface area contributed by atoms with Crippen LogP contribution in [-0.2, 0) is 20.9 Å². The zero-order valence-electron chi connectivity index (χ0n) is 13.3. The summed E-state index contributed by atoms with van der Waals surface area (Å²) in [5.74, 6) is -0.659. The molecule has 0 N–H and O–H groups in total. The zero-order valence-corrected chi connectivity index (χ0v) is 13.3. The largest absolute Gasteiger partial charge is 0.469 e. The van der Waals surface area contributed by atoms with Crippen molar-refractivity contribution in [1.29, 1.82) is 0 Å². The molecule has 0 spiro atoms. The maximum atomic E-state index is 12.2. The fourth-order valence-electron chi connectivity index (χ4n) is 2.67. The first-order chi connectivity index (χ1) is 10.6. The number of piperazine rings is 1. The van der Waals surface area contributed by atoms with Crippen LogP contribution in [0.25, 0.3) is 0 Å². The molecule has 1 amide bonds. The average molecular weight is 304 g/mol. The normalized spacial score (nSPS) is 17.1. The molecular weight excluding hydrogens is 280 g/mol. The number of amides is 1. The highest BCUT2D eigenvalue weighted by Crippen LogP contribution is 2.12. The summed E-state index contributed by atoms with van der Waals surface area (Å²) in [6, 6.07) is 10.3. The SMILES string of the molecule is COC(=O)[C@H](C)CC(=O)N1CCN(Cc2ccccc2)CC1. The summed E-state index contributed by atoms with van der Waals surface area (Å²) in [6.07, 6.45) is 0.228. The van der Waals surface area contributed by atoms with E-state index >= 15 is 0 Å². The highest BCUT2D eigenvalue weighted by Gasteiger charge is 2.24. The number of esters is 1. The van der Waals surface area contributed by atoms with Gasteiger partial charge in [-0.2, -0.15) is 0 Å². The Kier molecular flexibility index (Phi) is 5.95. The van der Waals surface area contributed by atoms with Gasteiger partial charge in [0.25, 0.3) is 0 Å². The van der Waals surface area contributed by atoms with Crippen molar-refractivity contribution in [2.75, 3.05) is 33.3 Å². The lowest BCUT2D eigenvalue weighted by Crippen LogP contribution is -2.48. The lowest BCUT2D eigenvalue weighted by atomic mass is 10.1. The Bertz CT molecular complexity index is 496. The molecule has 1 aliphatic rings. The maximum absolute atomic E-state index is 12.2. The van der Waals surface area contributed by atoms with Crippen molar-refractivity contribution in [1.82, 2.24) is 9.80 Å². The molecule has 1 heterocycles. The summed E-state index contributed by atoms with van der Waals surface area (Å²) < 4.78 is 4.67. The van der Waals surface area contributed by atoms with Gasteiger partial charge in [-0.25, -0.2) is 0 Å². The first-order valence-corrected chi connectivity index (χ1v) is 7.72. The van der Waals surface area contributed by atoms with Crippen molar-refractivity contribution in [3.63, 3.8) is 0 Å². The van der Waals surface area contributed by atoms with Gasteiger partial charge < -0.3 is 9.64 Å². The van der Waals surface area contributed by atoms with Crippen LogP contribution in [0.1, 0.15) is 18.9 Å². The third kappa shape index (κ3) is 4.56. The molecule has 1 aliphatic heterocycles. The topological polar surface area (TPSA) is 49.9 Å². The molecule has 0 aromatic heterocycles. The highest BCUT2D eigenvalue weighted by atomic mass is 16.5. The van der Waals surface area contributed by atoms with E-state index in [1.807, 2.05) is 23.1 Å². The van der Waals surface area contributed by atoms with Crippen LogP contribution in [0.5, 0.6) is 0 Å². The van der Waals surface area contributed by atoms with Gasteiger partial charge in [0.1, 0.15) is 0 Å². The molecule has 1 saturated heterocycles. The second kappa shape index (κ2) is 7.94. The van der Waals surface area contributed by atoms with Crippen molar-refractivity contribution in [3.8, 4) is 0 Å². The summed E-state index contributed by atoms with van der Waals surface area (Å²) in [7, 11) is 1.35. The third-order valence-electron chi connectivity index (χ3n) is 4.06. The molecule has 5 heteroatoms. The average Bonchev–Trinajstić information content (AvgIpc) is 2.55. The van der Waals surface area contributed by atoms with Gasteiger partial charge in [-0.1, -0.05) is 37.3 Å². The van der Waals surface area contributed by atoms with E-state index in [0.717, 1.165) is 32.7 Å². The van der Waals surface area contributed by atoms with E-state index in [-0.39, 0.29) is 24.2 Å². The van der Waals surface area contributed by atoms with Crippen LogP contribution in [-0.4, -0.2) is 55.0 Å². The van der Waals surface area contributed by atoms with Crippen molar-refractivity contribution < 1.29 is 14.3 Å². The lowest BCUT2D eigenvalue weighted by Gasteiger charge is -2.35. The molecule has 120 valence electrons. The van der Waals surface area contributed by atoms with Crippen LogP contribution in [0.4, 0.5) is 0 Å². The van der Waals surface area contributed by atoms with Crippen LogP contribution in [0.3, 0.4) is 0 Å². The number of methoxy groups -OCH3 is 1. The monoisotopic (exact) mass is 304 g/mol. The molecule has 0 aliphatic carbocycles. The molecule has 0 unspecified atom stereocenters. The molecule has 1 fully saturated rings. The Balaban J connectivity index is 1.77. The van der Waals surface area contributed by atoms with Gasteiger partial charge in [-0.15, -0.1) is 0 Å². The van der Waals surface area contributed by atoms with E-state index in [1.54, 1.807) is 6.92 Å². The van der Waals surface area contributed by atoms with Gasteiger partial charge in [-0.3, -0.25) is 14.5 Å². The van der Waals surface area contributed by atoms with E-state index in [2.05, 4.69) is 21.8 Å². The van der Waals surface area contributed by atoms with Crippen molar-refractivity contribution >= 4 is 11.9 Å². The Morgan fingerprint density at radius 2 is 1.77 bits per heavy atom. The van der Waals surface area contributed by atoms with Gasteiger partial charge in [0.2, 0.25) is 5.91 Å². The predicted molar refractivity (Wildman–Crippen MR) is 84.1 cm³/mol. The summed E-state index contributed by atoms with van der Waals surface area (Å²) in [6.45, 7) is 5.83. The predicted octanol–water partition coefficient (Wildman–Crippen LogP) is 1.53. The fraction of sp³-hybridized carbons (Fsp3) is 0.529. The molecule has 22 heavy (non-hydrogen) atoms. The van der Waals surface area contributed by atoms with Crippen molar-refractivity contribution in [2.24, 2.45) is 5.92 Å². The Morgan fingerprint density at radius 3 is 2.36 bits per heavy atom. The Morgan fingerprint density at radius 1 is 1.14 bits per heavy atom. The number of benzene rings is 1. The van der Waals surface area contributed by atoms with Gasteiger partial charge >= 0.3 is 5.97 Å². The second-order valence-electron chi connectivity index (χ2n) is 5.77. The Hall–Kier alpha value is -1.88. The van der Waals surface area contributed by atoms with Crippen LogP contribution in [0.15, 0.2) is 30.3 Å². The number of nitrogens with zero attached hydrogens (tertiary/aromatic N) is 2. The standard InChI is InChI=1S/C17H24N2O3/c1-14(17(21)22-2)12-16(20)19-10-8-18(9-11-19)13-15-6-4-3-5-7-15/h3-7,14H,8-13H2,1-2H3/t14-/m1/s1. The van der Waals surface area contributed by atoms with Gasteiger partial charge in [0, 0.05) is 39.1 Å². The smallest absolute Gasteiger partial charge is 0.308 e. The van der Waals surface area contributed by atoms with Crippen LogP contribution in [0, 0.1) is 5.92 Å². The van der Waals surface area contributed by atoms with Gasteiger partial charge in [-0.05, 0) is 5.56 Å². The molecule has 0 saturated carbocycles. The molecule has 0 radical (unpaired) electrons. The molecule has 5 nitrogen and oxygen atoms in total. The number of carbonyl (C=O) groups excluding carboxylic acids is 2. The highest BCUT2D eigenvalue weighted by molar-refractivity contribution is 5.82. The van der Waals surface area contributed by atoms with Crippen LogP contribution in [0.2, 0.25) is 0 Å². The zero-order chi connectivity index (χ0) is 15.9. The van der Waals surface area contributed by atoms with Crippen LogP contribution < -0.4 is 0 Å². The quantitative estimate of drug-likeness (QED) is 0.774. The van der Waals surface area contributed by atoms with E-state index in [1.165, 1.54) is 12.7 Å². The number of hydrogen-bond acceptors (Lipinski definition) is 4. The molecule has 1 aromatic carbocycles. The van der Waals surface area contributed by atoms with E-state index in [4.69, 9.17) is 0 Å². The van der Waals surface area contributed by atoms with E-state index < -0.39 is 0 Å². The minimum absolute atomic E-state index is 0.0391. The first kappa shape index (κ1) is 16.5. The minimum Gasteiger partial charge on any atom is -0.469 e. The van der Waals surface area contributed by atoms with E-state index in [9.17, 15) is 9.59 Å². The molecule has 0 bridgehead atoms. The summed E-state index contributed by atoms with van der Waals surface area (Å²) >= 11 is 0.